The zero-order valence-corrected chi connectivity index (χ0v) is 16.8. The van der Waals surface area contributed by atoms with Crippen LogP contribution in [0.4, 0.5) is 13.6 Å². The van der Waals surface area contributed by atoms with Gasteiger partial charge in [-0.2, -0.15) is 0 Å². The van der Waals surface area contributed by atoms with Crippen LogP contribution in [0.5, 0.6) is 0 Å². The number of aliphatic carboxylic acids is 1. The van der Waals surface area contributed by atoms with Crippen LogP contribution in [0, 0.1) is 11.6 Å². The summed E-state index contributed by atoms with van der Waals surface area (Å²) in [7, 11) is 1.43. The number of amides is 3. The van der Waals surface area contributed by atoms with Crippen molar-refractivity contribution in [2.24, 2.45) is 0 Å². The van der Waals surface area contributed by atoms with Gasteiger partial charge in [-0.15, -0.1) is 0 Å². The Hall–Kier alpha value is -4.08. The molecule has 0 spiro atoms. The zero-order valence-electron chi connectivity index (χ0n) is 16.8. The van der Waals surface area contributed by atoms with Crippen LogP contribution in [0.2, 0.25) is 0 Å². The highest BCUT2D eigenvalue weighted by atomic mass is 19.1. The number of hydrogen-bond acceptors (Lipinski definition) is 4. The maximum absolute atomic E-state index is 14.0. The molecule has 166 valence electrons. The minimum atomic E-state index is -1.42. The first-order valence-electron chi connectivity index (χ1n) is 9.48. The van der Waals surface area contributed by atoms with Gasteiger partial charge < -0.3 is 20.6 Å². The first-order chi connectivity index (χ1) is 15.2. The van der Waals surface area contributed by atoms with Gasteiger partial charge in [0.1, 0.15) is 11.6 Å². The largest absolute Gasteiger partial charge is 0.481 e. The summed E-state index contributed by atoms with van der Waals surface area (Å²) in [6, 6.07) is 5.85. The maximum atomic E-state index is 14.0. The minimum absolute atomic E-state index is 0.157. The van der Waals surface area contributed by atoms with E-state index in [-0.39, 0.29) is 5.56 Å². The first-order valence-corrected chi connectivity index (χ1v) is 9.48. The molecular formula is C22H19F2N3O5. The van der Waals surface area contributed by atoms with Crippen LogP contribution in [-0.2, 0) is 14.4 Å². The second-order valence-corrected chi connectivity index (χ2v) is 7.11. The summed E-state index contributed by atoms with van der Waals surface area (Å²) < 4.78 is 27.1. The smallest absolute Gasteiger partial charge is 0.316 e. The predicted molar refractivity (Wildman–Crippen MR) is 109 cm³/mol. The van der Waals surface area contributed by atoms with Crippen molar-refractivity contribution < 1.29 is 33.1 Å². The fraction of sp³-hybridized carbons (Fsp3) is 0.182. The lowest BCUT2D eigenvalue weighted by atomic mass is 9.99. The van der Waals surface area contributed by atoms with E-state index < -0.39 is 53.8 Å². The molecule has 1 aliphatic rings. The molecule has 10 heteroatoms. The van der Waals surface area contributed by atoms with E-state index in [2.05, 4.69) is 10.6 Å². The molecular weight excluding hydrogens is 424 g/mol. The van der Waals surface area contributed by atoms with Crippen molar-refractivity contribution in [3.63, 3.8) is 0 Å². The number of nitrogens with zero attached hydrogens (tertiary/aromatic N) is 1. The minimum Gasteiger partial charge on any atom is -0.481 e. The number of carboxylic acids is 1. The number of halogens is 2. The molecule has 1 aliphatic heterocycles. The average Bonchev–Trinajstić information content (AvgIpc) is 2.73. The van der Waals surface area contributed by atoms with Crippen LogP contribution in [0.1, 0.15) is 18.0 Å². The highest BCUT2D eigenvalue weighted by Gasteiger charge is 2.32. The standard InChI is InChI=1S/C22H19F2N3O5/c1-27-9-8-18(28)20(21(27)31)26-22(32)25-17(11-19(29)30)13-4-2-12(3-5-13)15-7-6-14(23)10-16(15)24/h2-10,17,20H,11H2,1H3,(H,29,30)(H2,25,26,32). The molecule has 3 amide bonds. The van der Waals surface area contributed by atoms with E-state index in [9.17, 15) is 33.1 Å². The van der Waals surface area contributed by atoms with Crippen molar-refractivity contribution in [3.8, 4) is 11.1 Å². The van der Waals surface area contributed by atoms with Crippen LogP contribution < -0.4 is 10.6 Å². The fourth-order valence-electron chi connectivity index (χ4n) is 3.19. The highest BCUT2D eigenvalue weighted by molar-refractivity contribution is 6.14. The van der Waals surface area contributed by atoms with Gasteiger partial charge in [0.2, 0.25) is 0 Å². The average molecular weight is 443 g/mol. The molecule has 0 radical (unpaired) electrons. The lowest BCUT2D eigenvalue weighted by Gasteiger charge is -2.25. The number of likely N-dealkylation sites (N-methyl/N-ethyl adjacent to an activating group) is 1. The van der Waals surface area contributed by atoms with Crippen molar-refractivity contribution in [1.29, 1.82) is 0 Å². The van der Waals surface area contributed by atoms with Crippen molar-refractivity contribution in [2.75, 3.05) is 7.05 Å². The monoisotopic (exact) mass is 443 g/mol. The van der Waals surface area contributed by atoms with Crippen molar-refractivity contribution >= 4 is 23.7 Å². The summed E-state index contributed by atoms with van der Waals surface area (Å²) in [5.74, 6) is -3.90. The molecule has 3 N–H and O–H groups in total. The number of ketones is 1. The number of benzene rings is 2. The number of carbonyl (C=O) groups is 4. The van der Waals surface area contributed by atoms with Gasteiger partial charge in [0.15, 0.2) is 11.8 Å². The van der Waals surface area contributed by atoms with E-state index in [0.29, 0.717) is 11.1 Å². The molecule has 0 saturated heterocycles. The van der Waals surface area contributed by atoms with Gasteiger partial charge in [-0.25, -0.2) is 13.6 Å². The Balaban J connectivity index is 1.77. The molecule has 0 aliphatic carbocycles. The van der Waals surface area contributed by atoms with Gasteiger partial charge in [0.25, 0.3) is 5.91 Å². The Kier molecular flexibility index (Phi) is 6.62. The van der Waals surface area contributed by atoms with E-state index in [4.69, 9.17) is 0 Å². The normalized spacial score (nSPS) is 16.6. The Morgan fingerprint density at radius 3 is 2.44 bits per heavy atom. The SMILES string of the molecule is CN1C=CC(=O)C(NC(=O)NC(CC(=O)O)c2ccc(-c3ccc(F)cc3F)cc2)C1=O. The molecule has 2 atom stereocenters. The third-order valence-corrected chi connectivity index (χ3v) is 4.86. The summed E-state index contributed by atoms with van der Waals surface area (Å²) in [4.78, 5) is 48.8. The van der Waals surface area contributed by atoms with E-state index in [1.165, 1.54) is 43.6 Å². The van der Waals surface area contributed by atoms with Crippen LogP contribution >= 0.6 is 0 Å². The zero-order chi connectivity index (χ0) is 23.4. The van der Waals surface area contributed by atoms with Gasteiger partial charge in [-0.05, 0) is 23.3 Å². The molecule has 0 bridgehead atoms. The Labute approximate surface area is 181 Å². The van der Waals surface area contributed by atoms with Gasteiger partial charge in [0, 0.05) is 31.0 Å². The van der Waals surface area contributed by atoms with Crippen LogP contribution in [-0.4, -0.2) is 46.8 Å². The Morgan fingerprint density at radius 2 is 1.81 bits per heavy atom. The molecule has 2 aromatic rings. The number of hydrogen-bond donors (Lipinski definition) is 3. The fourth-order valence-corrected chi connectivity index (χ4v) is 3.19. The van der Waals surface area contributed by atoms with Gasteiger partial charge >= 0.3 is 12.0 Å². The molecule has 0 saturated carbocycles. The van der Waals surface area contributed by atoms with Crippen LogP contribution in [0.3, 0.4) is 0 Å². The number of nitrogens with one attached hydrogen (secondary N) is 2. The third-order valence-electron chi connectivity index (χ3n) is 4.86. The first kappa shape index (κ1) is 22.6. The predicted octanol–water partition coefficient (Wildman–Crippen LogP) is 2.37. The molecule has 1 heterocycles. The molecule has 8 nitrogen and oxygen atoms in total. The van der Waals surface area contributed by atoms with E-state index in [0.717, 1.165) is 23.1 Å². The molecule has 3 rings (SSSR count). The molecule has 0 aromatic heterocycles. The summed E-state index contributed by atoms with van der Waals surface area (Å²) in [6.07, 6.45) is 1.94. The highest BCUT2D eigenvalue weighted by Crippen LogP contribution is 2.26. The van der Waals surface area contributed by atoms with Crippen LogP contribution in [0.15, 0.2) is 54.7 Å². The van der Waals surface area contributed by atoms with Gasteiger partial charge in [0.05, 0.1) is 12.5 Å². The maximum Gasteiger partial charge on any atom is 0.316 e. The van der Waals surface area contributed by atoms with E-state index >= 15 is 0 Å². The molecule has 2 unspecified atom stereocenters. The summed E-state index contributed by atoms with van der Waals surface area (Å²) in [6.45, 7) is 0. The second-order valence-electron chi connectivity index (χ2n) is 7.11. The van der Waals surface area contributed by atoms with Gasteiger partial charge in [-0.1, -0.05) is 24.3 Å². The summed E-state index contributed by atoms with van der Waals surface area (Å²) in [5, 5.41) is 13.9. The molecule has 32 heavy (non-hydrogen) atoms. The lowest BCUT2D eigenvalue weighted by Crippen LogP contribution is -2.55. The number of carboxylic acid groups (broad SMARTS) is 1. The lowest BCUT2D eigenvalue weighted by molar-refractivity contribution is -0.138. The number of rotatable bonds is 6. The van der Waals surface area contributed by atoms with Crippen molar-refractivity contribution in [3.05, 3.63) is 71.9 Å². The third kappa shape index (κ3) is 5.15. The second kappa shape index (κ2) is 9.38. The van der Waals surface area contributed by atoms with Crippen molar-refractivity contribution in [1.82, 2.24) is 15.5 Å². The van der Waals surface area contributed by atoms with Gasteiger partial charge in [-0.3, -0.25) is 14.4 Å². The van der Waals surface area contributed by atoms with Crippen LogP contribution in [0.25, 0.3) is 11.1 Å². The quantitative estimate of drug-likeness (QED) is 0.593. The summed E-state index contributed by atoms with van der Waals surface area (Å²) >= 11 is 0. The number of carbonyl (C=O) groups excluding carboxylic acids is 3. The topological polar surface area (TPSA) is 116 Å². The van der Waals surface area contributed by atoms with E-state index in [1.807, 2.05) is 0 Å². The molecule has 0 fully saturated rings. The Bertz CT molecular complexity index is 1100. The van der Waals surface area contributed by atoms with Crippen molar-refractivity contribution in [2.45, 2.75) is 18.5 Å². The summed E-state index contributed by atoms with van der Waals surface area (Å²) in [5.41, 5.74) is 0.982. The Morgan fingerprint density at radius 1 is 1.12 bits per heavy atom. The van der Waals surface area contributed by atoms with E-state index in [1.54, 1.807) is 0 Å². The molecule has 2 aromatic carbocycles. The number of urea groups is 1.